The largest absolute Gasteiger partial charge is 0.448 e. The highest BCUT2D eigenvalue weighted by Crippen LogP contribution is 2.44. The highest BCUT2D eigenvalue weighted by molar-refractivity contribution is 5.79. The molecule has 2 aromatic carbocycles. The van der Waals surface area contributed by atoms with Gasteiger partial charge in [0.05, 0.1) is 18.6 Å². The molecule has 5 rings (SSSR count). The fourth-order valence-electron chi connectivity index (χ4n) is 4.95. The molecule has 0 saturated carbocycles. The van der Waals surface area contributed by atoms with E-state index in [4.69, 9.17) is 9.26 Å². The lowest BCUT2D eigenvalue weighted by molar-refractivity contribution is -0.0337. The van der Waals surface area contributed by atoms with E-state index in [2.05, 4.69) is 34.4 Å². The van der Waals surface area contributed by atoms with Crippen LogP contribution in [0.15, 0.2) is 53.1 Å². The summed E-state index contributed by atoms with van der Waals surface area (Å²) in [6.07, 6.45) is 1.08. The summed E-state index contributed by atoms with van der Waals surface area (Å²) in [5.41, 5.74) is 3.64. The highest BCUT2D eigenvalue weighted by atomic mass is 16.6. The lowest BCUT2D eigenvalue weighted by atomic mass is 9.90. The predicted octanol–water partition coefficient (Wildman–Crippen LogP) is 4.51. The molecule has 1 fully saturated rings. The summed E-state index contributed by atoms with van der Waals surface area (Å²) in [5, 5.41) is 15.1. The maximum Gasteiger partial charge on any atom is 0.409 e. The fourth-order valence-corrected chi connectivity index (χ4v) is 4.95. The molecule has 0 spiro atoms. The average molecular weight is 448 g/mol. The molecule has 1 N–H and O–H groups in total. The standard InChI is InChI=1S/C26H29N3O4/c1-17(2)24-27-23(33-28-24)14-26(31)12-7-13-29(16-26)25(30)32-15-22-20-10-5-3-8-18(20)19-9-4-6-11-21(19)22/h3-6,8-11,17,22,31H,7,12-16H2,1-2H3. The Morgan fingerprint density at radius 3 is 2.48 bits per heavy atom. The number of ether oxygens (including phenoxy) is 1. The van der Waals surface area contributed by atoms with Gasteiger partial charge >= 0.3 is 6.09 Å². The zero-order valence-corrected chi connectivity index (χ0v) is 19.0. The van der Waals surface area contributed by atoms with E-state index in [1.807, 2.05) is 38.1 Å². The number of benzene rings is 2. The third-order valence-electron chi connectivity index (χ3n) is 6.63. The highest BCUT2D eigenvalue weighted by Gasteiger charge is 2.38. The number of β-amino-alcohol motifs (C(OH)–C–C–N with tert-alkyl or cyclic N) is 1. The van der Waals surface area contributed by atoms with Crippen LogP contribution in [0.2, 0.25) is 0 Å². The van der Waals surface area contributed by atoms with Crippen LogP contribution in [0.1, 0.15) is 61.4 Å². The van der Waals surface area contributed by atoms with E-state index in [1.54, 1.807) is 4.90 Å². The molecule has 3 aromatic rings. The topological polar surface area (TPSA) is 88.7 Å². The lowest BCUT2D eigenvalue weighted by Crippen LogP contribution is -2.51. The maximum absolute atomic E-state index is 13.0. The van der Waals surface area contributed by atoms with Gasteiger partial charge in [-0.25, -0.2) is 4.79 Å². The van der Waals surface area contributed by atoms with Crippen molar-refractivity contribution < 1.29 is 19.2 Å². The molecule has 0 radical (unpaired) electrons. The van der Waals surface area contributed by atoms with Crippen molar-refractivity contribution in [2.75, 3.05) is 19.7 Å². The Hall–Kier alpha value is -3.19. The lowest BCUT2D eigenvalue weighted by Gasteiger charge is -2.38. The van der Waals surface area contributed by atoms with Gasteiger partial charge in [-0.1, -0.05) is 67.5 Å². The molecule has 1 saturated heterocycles. The molecule has 7 nitrogen and oxygen atoms in total. The van der Waals surface area contributed by atoms with Gasteiger partial charge in [-0.15, -0.1) is 0 Å². The van der Waals surface area contributed by atoms with Crippen molar-refractivity contribution in [3.8, 4) is 11.1 Å². The Labute approximate surface area is 193 Å². The van der Waals surface area contributed by atoms with Gasteiger partial charge in [0, 0.05) is 18.4 Å². The number of nitrogens with zero attached hydrogens (tertiary/aromatic N) is 3. The van der Waals surface area contributed by atoms with Crippen molar-refractivity contribution >= 4 is 6.09 Å². The van der Waals surface area contributed by atoms with E-state index < -0.39 is 11.7 Å². The minimum Gasteiger partial charge on any atom is -0.448 e. The molecule has 7 heteroatoms. The average Bonchev–Trinajstić information content (AvgIpc) is 3.40. The summed E-state index contributed by atoms with van der Waals surface area (Å²) in [6.45, 7) is 4.98. The van der Waals surface area contributed by atoms with Crippen LogP contribution in [0.3, 0.4) is 0 Å². The number of hydrogen-bond acceptors (Lipinski definition) is 6. The number of piperidine rings is 1. The van der Waals surface area contributed by atoms with E-state index in [9.17, 15) is 9.90 Å². The van der Waals surface area contributed by atoms with Gasteiger partial charge in [0.25, 0.3) is 0 Å². The quantitative estimate of drug-likeness (QED) is 0.619. The minimum absolute atomic E-state index is 0.0119. The summed E-state index contributed by atoms with van der Waals surface area (Å²) in [7, 11) is 0. The molecule has 172 valence electrons. The number of aliphatic hydroxyl groups is 1. The summed E-state index contributed by atoms with van der Waals surface area (Å²) >= 11 is 0. The number of carbonyl (C=O) groups is 1. The van der Waals surface area contributed by atoms with Gasteiger partial charge in [-0.3, -0.25) is 0 Å². The first-order valence-corrected chi connectivity index (χ1v) is 11.6. The van der Waals surface area contributed by atoms with E-state index in [0.717, 1.165) is 0 Å². The zero-order chi connectivity index (χ0) is 23.0. The second-order valence-electron chi connectivity index (χ2n) is 9.43. The number of hydrogen-bond donors (Lipinski definition) is 1. The zero-order valence-electron chi connectivity index (χ0n) is 19.0. The number of carbonyl (C=O) groups excluding carboxylic acids is 1. The summed E-state index contributed by atoms with van der Waals surface area (Å²) < 4.78 is 11.1. The number of aromatic nitrogens is 2. The smallest absolute Gasteiger partial charge is 0.409 e. The Morgan fingerprint density at radius 1 is 1.18 bits per heavy atom. The maximum atomic E-state index is 13.0. The molecular formula is C26H29N3O4. The fraction of sp³-hybridized carbons (Fsp3) is 0.423. The summed E-state index contributed by atoms with van der Waals surface area (Å²) in [6, 6.07) is 16.5. The first-order valence-electron chi connectivity index (χ1n) is 11.6. The molecule has 2 aliphatic rings. The Morgan fingerprint density at radius 2 is 1.85 bits per heavy atom. The van der Waals surface area contributed by atoms with E-state index in [1.165, 1.54) is 22.3 Å². The molecule has 1 amide bonds. The van der Waals surface area contributed by atoms with Crippen LogP contribution in [-0.2, 0) is 11.2 Å². The third-order valence-corrected chi connectivity index (χ3v) is 6.63. The third kappa shape index (κ3) is 4.25. The molecule has 1 aromatic heterocycles. The molecule has 2 heterocycles. The molecule has 1 aliphatic carbocycles. The van der Waals surface area contributed by atoms with E-state index in [-0.39, 0.29) is 31.4 Å². The first-order chi connectivity index (χ1) is 15.9. The summed E-state index contributed by atoms with van der Waals surface area (Å²) in [5.74, 6) is 1.19. The minimum atomic E-state index is -1.11. The van der Waals surface area contributed by atoms with Gasteiger partial charge in [0.15, 0.2) is 5.82 Å². The van der Waals surface area contributed by atoms with Crippen LogP contribution in [0, 0.1) is 0 Å². The van der Waals surface area contributed by atoms with Gasteiger partial charge in [0.1, 0.15) is 6.61 Å². The van der Waals surface area contributed by atoms with Crippen molar-refractivity contribution in [3.05, 3.63) is 71.4 Å². The van der Waals surface area contributed by atoms with Crippen molar-refractivity contribution in [2.45, 2.75) is 50.5 Å². The van der Waals surface area contributed by atoms with E-state index in [0.29, 0.717) is 31.1 Å². The Bertz CT molecular complexity index is 1110. The van der Waals surface area contributed by atoms with Crippen LogP contribution in [-0.4, -0.2) is 51.5 Å². The van der Waals surface area contributed by atoms with Crippen LogP contribution >= 0.6 is 0 Å². The van der Waals surface area contributed by atoms with Gasteiger partial charge < -0.3 is 19.3 Å². The van der Waals surface area contributed by atoms with Crippen LogP contribution in [0.4, 0.5) is 4.79 Å². The molecule has 33 heavy (non-hydrogen) atoms. The SMILES string of the molecule is CC(C)c1noc(CC2(O)CCCN(C(=O)OCC3c4ccccc4-c4ccccc43)C2)n1. The van der Waals surface area contributed by atoms with Crippen LogP contribution in [0.25, 0.3) is 11.1 Å². The predicted molar refractivity (Wildman–Crippen MR) is 123 cm³/mol. The first kappa shape index (κ1) is 21.6. The molecular weight excluding hydrogens is 418 g/mol. The number of likely N-dealkylation sites (tertiary alicyclic amines) is 1. The van der Waals surface area contributed by atoms with Crippen LogP contribution < -0.4 is 0 Å². The van der Waals surface area contributed by atoms with Gasteiger partial charge in [-0.05, 0) is 35.1 Å². The normalized spacial score (nSPS) is 20.1. The number of rotatable bonds is 5. The monoisotopic (exact) mass is 447 g/mol. The second-order valence-corrected chi connectivity index (χ2v) is 9.43. The van der Waals surface area contributed by atoms with Crippen molar-refractivity contribution in [1.82, 2.24) is 15.0 Å². The summed E-state index contributed by atoms with van der Waals surface area (Å²) in [4.78, 5) is 18.9. The number of amides is 1. The molecule has 1 aliphatic heterocycles. The molecule has 1 unspecified atom stereocenters. The molecule has 0 bridgehead atoms. The van der Waals surface area contributed by atoms with E-state index >= 15 is 0 Å². The Kier molecular flexibility index (Phi) is 5.66. The number of fused-ring (bicyclic) bond motifs is 3. The second kappa shape index (κ2) is 8.63. The van der Waals surface area contributed by atoms with Crippen LogP contribution in [0.5, 0.6) is 0 Å². The van der Waals surface area contributed by atoms with Gasteiger partial charge in [0.2, 0.25) is 5.89 Å². The molecule has 1 atom stereocenters. The van der Waals surface area contributed by atoms with Crippen molar-refractivity contribution in [1.29, 1.82) is 0 Å². The van der Waals surface area contributed by atoms with Crippen molar-refractivity contribution in [2.24, 2.45) is 0 Å². The van der Waals surface area contributed by atoms with Gasteiger partial charge in [-0.2, -0.15) is 4.98 Å². The van der Waals surface area contributed by atoms with Crippen molar-refractivity contribution in [3.63, 3.8) is 0 Å². The Balaban J connectivity index is 1.25.